The number of nitrogens with one attached hydrogen (secondary N) is 1. The van der Waals surface area contributed by atoms with E-state index in [1.165, 1.54) is 0 Å². The zero-order valence-electron chi connectivity index (χ0n) is 11.9. The van der Waals surface area contributed by atoms with Gasteiger partial charge in [-0.05, 0) is 43.7 Å². The SMILES string of the molecule is COc1ccc(C(C)(C)NC(=O)c2ccncc2)cc1. The molecule has 0 spiro atoms. The number of carbonyl (C=O) groups excluding carboxylic acids is 1. The first-order valence-corrected chi connectivity index (χ1v) is 6.40. The number of amides is 1. The fourth-order valence-corrected chi connectivity index (χ4v) is 1.94. The molecule has 0 aliphatic heterocycles. The first-order chi connectivity index (χ1) is 9.53. The van der Waals surface area contributed by atoms with Crippen LogP contribution in [-0.4, -0.2) is 18.0 Å². The first kappa shape index (κ1) is 14.1. The maximum Gasteiger partial charge on any atom is 0.252 e. The second-order valence-electron chi connectivity index (χ2n) is 5.04. The second-order valence-corrected chi connectivity index (χ2v) is 5.04. The van der Waals surface area contributed by atoms with Gasteiger partial charge in [0, 0.05) is 18.0 Å². The Morgan fingerprint density at radius 3 is 2.25 bits per heavy atom. The van der Waals surface area contributed by atoms with E-state index in [9.17, 15) is 4.79 Å². The average Bonchev–Trinajstić information content (AvgIpc) is 2.48. The van der Waals surface area contributed by atoms with Crippen molar-refractivity contribution < 1.29 is 9.53 Å². The van der Waals surface area contributed by atoms with Crippen LogP contribution >= 0.6 is 0 Å². The van der Waals surface area contributed by atoms with E-state index in [0.717, 1.165) is 11.3 Å². The summed E-state index contributed by atoms with van der Waals surface area (Å²) in [5, 5.41) is 3.02. The van der Waals surface area contributed by atoms with Gasteiger partial charge in [0.25, 0.3) is 5.91 Å². The lowest BCUT2D eigenvalue weighted by molar-refractivity contribution is 0.0912. The molecule has 0 fully saturated rings. The number of methoxy groups -OCH3 is 1. The molecule has 1 aromatic carbocycles. The summed E-state index contributed by atoms with van der Waals surface area (Å²) in [6.07, 6.45) is 3.21. The number of aromatic nitrogens is 1. The minimum absolute atomic E-state index is 0.117. The number of nitrogens with zero attached hydrogens (tertiary/aromatic N) is 1. The molecule has 0 aliphatic carbocycles. The zero-order chi connectivity index (χ0) is 14.6. The van der Waals surface area contributed by atoms with Crippen molar-refractivity contribution >= 4 is 5.91 Å². The summed E-state index contributed by atoms with van der Waals surface area (Å²) in [7, 11) is 1.63. The quantitative estimate of drug-likeness (QED) is 0.929. The highest BCUT2D eigenvalue weighted by molar-refractivity contribution is 5.94. The highest BCUT2D eigenvalue weighted by Crippen LogP contribution is 2.23. The minimum Gasteiger partial charge on any atom is -0.497 e. The minimum atomic E-state index is -0.466. The topological polar surface area (TPSA) is 51.2 Å². The van der Waals surface area contributed by atoms with Gasteiger partial charge >= 0.3 is 0 Å². The van der Waals surface area contributed by atoms with E-state index in [1.807, 2.05) is 38.1 Å². The third-order valence-corrected chi connectivity index (χ3v) is 3.18. The fraction of sp³-hybridized carbons (Fsp3) is 0.250. The molecule has 2 aromatic rings. The van der Waals surface area contributed by atoms with Crippen molar-refractivity contribution in [1.29, 1.82) is 0 Å². The highest BCUT2D eigenvalue weighted by Gasteiger charge is 2.23. The summed E-state index contributed by atoms with van der Waals surface area (Å²) in [6.45, 7) is 3.93. The van der Waals surface area contributed by atoms with Crippen molar-refractivity contribution in [2.24, 2.45) is 0 Å². The zero-order valence-corrected chi connectivity index (χ0v) is 11.9. The molecule has 1 N–H and O–H groups in total. The predicted octanol–water partition coefficient (Wildman–Crippen LogP) is 2.76. The molecular weight excluding hydrogens is 252 g/mol. The lowest BCUT2D eigenvalue weighted by Gasteiger charge is -2.27. The summed E-state index contributed by atoms with van der Waals surface area (Å²) >= 11 is 0. The monoisotopic (exact) mass is 270 g/mol. The Morgan fingerprint density at radius 1 is 1.10 bits per heavy atom. The highest BCUT2D eigenvalue weighted by atomic mass is 16.5. The number of benzene rings is 1. The predicted molar refractivity (Wildman–Crippen MR) is 77.7 cm³/mol. The molecule has 4 heteroatoms. The van der Waals surface area contributed by atoms with Crippen molar-refractivity contribution in [3.63, 3.8) is 0 Å². The van der Waals surface area contributed by atoms with Crippen molar-refractivity contribution in [2.75, 3.05) is 7.11 Å². The molecule has 1 aromatic heterocycles. The van der Waals surface area contributed by atoms with Crippen LogP contribution < -0.4 is 10.1 Å². The van der Waals surface area contributed by atoms with E-state index < -0.39 is 5.54 Å². The maximum absolute atomic E-state index is 12.2. The lowest BCUT2D eigenvalue weighted by atomic mass is 9.94. The van der Waals surface area contributed by atoms with Gasteiger partial charge in [0.05, 0.1) is 12.6 Å². The molecule has 0 atom stereocenters. The molecule has 4 nitrogen and oxygen atoms in total. The molecule has 0 aliphatic rings. The smallest absolute Gasteiger partial charge is 0.252 e. The number of ether oxygens (including phenoxy) is 1. The summed E-state index contributed by atoms with van der Waals surface area (Å²) < 4.78 is 5.14. The standard InChI is InChI=1S/C16H18N2O2/c1-16(2,13-4-6-14(20-3)7-5-13)18-15(19)12-8-10-17-11-9-12/h4-11H,1-3H3,(H,18,19). The van der Waals surface area contributed by atoms with E-state index in [2.05, 4.69) is 10.3 Å². The van der Waals surface area contributed by atoms with E-state index in [4.69, 9.17) is 4.74 Å². The van der Waals surface area contributed by atoms with Gasteiger partial charge in [-0.3, -0.25) is 9.78 Å². The Hall–Kier alpha value is -2.36. The molecule has 1 amide bonds. The largest absolute Gasteiger partial charge is 0.497 e. The van der Waals surface area contributed by atoms with Gasteiger partial charge in [-0.2, -0.15) is 0 Å². The number of carbonyl (C=O) groups is 1. The molecule has 20 heavy (non-hydrogen) atoms. The van der Waals surface area contributed by atoms with Gasteiger partial charge in [0.1, 0.15) is 5.75 Å². The third-order valence-electron chi connectivity index (χ3n) is 3.18. The number of hydrogen-bond donors (Lipinski definition) is 1. The van der Waals surface area contributed by atoms with E-state index in [-0.39, 0.29) is 5.91 Å². The van der Waals surface area contributed by atoms with Crippen LogP contribution in [0.1, 0.15) is 29.8 Å². The number of hydrogen-bond acceptors (Lipinski definition) is 3. The van der Waals surface area contributed by atoms with Crippen LogP contribution in [0, 0.1) is 0 Å². The van der Waals surface area contributed by atoms with Crippen molar-refractivity contribution in [3.8, 4) is 5.75 Å². The number of rotatable bonds is 4. The Morgan fingerprint density at radius 2 is 1.70 bits per heavy atom. The van der Waals surface area contributed by atoms with Crippen molar-refractivity contribution in [2.45, 2.75) is 19.4 Å². The van der Waals surface area contributed by atoms with E-state index >= 15 is 0 Å². The molecule has 2 rings (SSSR count). The van der Waals surface area contributed by atoms with Gasteiger partial charge in [0.15, 0.2) is 0 Å². The Balaban J connectivity index is 2.15. The Bertz CT molecular complexity index is 577. The normalized spacial score (nSPS) is 10.9. The molecule has 0 unspecified atom stereocenters. The van der Waals surface area contributed by atoms with Gasteiger partial charge in [0.2, 0.25) is 0 Å². The van der Waals surface area contributed by atoms with Crippen LogP contribution in [0.5, 0.6) is 5.75 Å². The van der Waals surface area contributed by atoms with E-state index in [1.54, 1.807) is 31.6 Å². The van der Waals surface area contributed by atoms with Crippen LogP contribution in [-0.2, 0) is 5.54 Å². The Labute approximate surface area is 118 Å². The Kier molecular flexibility index (Phi) is 4.03. The fourth-order valence-electron chi connectivity index (χ4n) is 1.94. The van der Waals surface area contributed by atoms with Crippen LogP contribution in [0.25, 0.3) is 0 Å². The van der Waals surface area contributed by atoms with Gasteiger partial charge in [-0.1, -0.05) is 12.1 Å². The van der Waals surface area contributed by atoms with Crippen LogP contribution in [0.15, 0.2) is 48.8 Å². The van der Waals surface area contributed by atoms with Crippen molar-refractivity contribution in [1.82, 2.24) is 10.3 Å². The summed E-state index contributed by atoms with van der Waals surface area (Å²) in [5.41, 5.74) is 1.15. The molecule has 0 bridgehead atoms. The summed E-state index contributed by atoms with van der Waals surface area (Å²) in [6, 6.07) is 11.1. The van der Waals surface area contributed by atoms with Gasteiger partial charge < -0.3 is 10.1 Å². The molecular formula is C16H18N2O2. The molecule has 1 heterocycles. The number of pyridine rings is 1. The molecule has 0 saturated heterocycles. The first-order valence-electron chi connectivity index (χ1n) is 6.40. The molecule has 0 saturated carbocycles. The van der Waals surface area contributed by atoms with Crippen LogP contribution in [0.2, 0.25) is 0 Å². The van der Waals surface area contributed by atoms with Crippen molar-refractivity contribution in [3.05, 3.63) is 59.9 Å². The van der Waals surface area contributed by atoms with Crippen LogP contribution in [0.3, 0.4) is 0 Å². The van der Waals surface area contributed by atoms with Crippen LogP contribution in [0.4, 0.5) is 0 Å². The third kappa shape index (κ3) is 3.15. The molecule has 0 radical (unpaired) electrons. The second kappa shape index (κ2) is 5.74. The van der Waals surface area contributed by atoms with Gasteiger partial charge in [-0.25, -0.2) is 0 Å². The summed E-state index contributed by atoms with van der Waals surface area (Å²) in [5.74, 6) is 0.679. The van der Waals surface area contributed by atoms with Gasteiger partial charge in [-0.15, -0.1) is 0 Å². The lowest BCUT2D eigenvalue weighted by Crippen LogP contribution is -2.40. The average molecular weight is 270 g/mol. The summed E-state index contributed by atoms with van der Waals surface area (Å²) in [4.78, 5) is 16.1. The molecule has 104 valence electrons. The maximum atomic E-state index is 12.2. The van der Waals surface area contributed by atoms with E-state index in [0.29, 0.717) is 5.56 Å².